The Hall–Kier alpha value is -0.660. The lowest BCUT2D eigenvalue weighted by atomic mass is 9.82. The van der Waals surface area contributed by atoms with Gasteiger partial charge in [0.05, 0.1) is 0 Å². The largest absolute Gasteiger partial charge is 0.291 e. The van der Waals surface area contributed by atoms with Crippen molar-refractivity contribution in [2.45, 2.75) is 26.7 Å². The van der Waals surface area contributed by atoms with E-state index in [2.05, 4.69) is 0 Å². The molecule has 0 heterocycles. The summed E-state index contributed by atoms with van der Waals surface area (Å²) in [7, 11) is 0. The van der Waals surface area contributed by atoms with E-state index in [9.17, 15) is 9.59 Å². The summed E-state index contributed by atoms with van der Waals surface area (Å²) < 4.78 is 0. The van der Waals surface area contributed by atoms with Crippen molar-refractivity contribution >= 4 is 11.6 Å². The van der Waals surface area contributed by atoms with Crippen molar-refractivity contribution in [2.24, 2.45) is 11.8 Å². The van der Waals surface area contributed by atoms with Gasteiger partial charge < -0.3 is 0 Å². The first-order valence-corrected chi connectivity index (χ1v) is 3.71. The van der Waals surface area contributed by atoms with Crippen LogP contribution in [-0.4, -0.2) is 11.6 Å². The minimum atomic E-state index is -0.168. The smallest absolute Gasteiger partial charge is 0.201 e. The molecule has 2 heteroatoms. The van der Waals surface area contributed by atoms with Gasteiger partial charge in [-0.15, -0.1) is 0 Å². The Balaban J connectivity index is 2.70. The van der Waals surface area contributed by atoms with Crippen molar-refractivity contribution in [3.05, 3.63) is 0 Å². The maximum absolute atomic E-state index is 11.0. The number of Topliss-reactive ketones (excluding diaryl/α,β-unsaturated/α-hetero) is 2. The van der Waals surface area contributed by atoms with Crippen molar-refractivity contribution in [1.29, 1.82) is 0 Å². The van der Waals surface area contributed by atoms with Crippen LogP contribution in [0, 0.1) is 11.8 Å². The third-order valence-electron chi connectivity index (χ3n) is 2.17. The molecule has 0 aromatic rings. The molecule has 0 saturated heterocycles. The third-order valence-corrected chi connectivity index (χ3v) is 2.17. The van der Waals surface area contributed by atoms with E-state index < -0.39 is 0 Å². The topological polar surface area (TPSA) is 34.1 Å². The summed E-state index contributed by atoms with van der Waals surface area (Å²) in [5, 5.41) is 0. The molecule has 1 rings (SSSR count). The monoisotopic (exact) mass is 140 g/mol. The maximum Gasteiger partial charge on any atom is 0.201 e. The SMILES string of the molecule is CC1CCC(C)C(=O)C1=O. The summed E-state index contributed by atoms with van der Waals surface area (Å²) in [6.45, 7) is 3.65. The Morgan fingerprint density at radius 3 is 1.60 bits per heavy atom. The molecule has 1 saturated carbocycles. The van der Waals surface area contributed by atoms with E-state index >= 15 is 0 Å². The van der Waals surface area contributed by atoms with E-state index in [0.717, 1.165) is 12.8 Å². The molecule has 2 nitrogen and oxygen atoms in total. The van der Waals surface area contributed by atoms with Gasteiger partial charge in [0.25, 0.3) is 0 Å². The van der Waals surface area contributed by atoms with Gasteiger partial charge in [0, 0.05) is 11.8 Å². The molecular formula is C8H12O2. The lowest BCUT2D eigenvalue weighted by molar-refractivity contribution is -0.143. The minimum absolute atomic E-state index is 0.0244. The summed E-state index contributed by atoms with van der Waals surface area (Å²) >= 11 is 0. The van der Waals surface area contributed by atoms with E-state index in [1.807, 2.05) is 13.8 Å². The summed E-state index contributed by atoms with van der Waals surface area (Å²) in [5.41, 5.74) is 0. The number of rotatable bonds is 0. The van der Waals surface area contributed by atoms with Crippen LogP contribution in [0.2, 0.25) is 0 Å². The van der Waals surface area contributed by atoms with E-state index in [-0.39, 0.29) is 23.4 Å². The Morgan fingerprint density at radius 1 is 1.00 bits per heavy atom. The Labute approximate surface area is 60.6 Å². The standard InChI is InChI=1S/C8H12O2/c1-5-3-4-6(2)8(10)7(5)9/h5-6H,3-4H2,1-2H3. The van der Waals surface area contributed by atoms with E-state index in [1.165, 1.54) is 0 Å². The highest BCUT2D eigenvalue weighted by atomic mass is 16.2. The Bertz CT molecular complexity index is 152. The number of hydrogen-bond acceptors (Lipinski definition) is 2. The van der Waals surface area contributed by atoms with Gasteiger partial charge in [-0.05, 0) is 12.8 Å². The van der Waals surface area contributed by atoms with Crippen molar-refractivity contribution in [1.82, 2.24) is 0 Å². The molecule has 0 amide bonds. The Kier molecular flexibility index (Phi) is 1.88. The lowest BCUT2D eigenvalue weighted by Gasteiger charge is -2.19. The molecule has 0 aromatic carbocycles. The second kappa shape index (κ2) is 2.52. The van der Waals surface area contributed by atoms with Crippen molar-refractivity contribution in [3.8, 4) is 0 Å². The number of carbonyl (C=O) groups is 2. The average molecular weight is 140 g/mol. The zero-order valence-corrected chi connectivity index (χ0v) is 6.39. The van der Waals surface area contributed by atoms with Crippen LogP contribution in [0.15, 0.2) is 0 Å². The second-order valence-electron chi connectivity index (χ2n) is 3.11. The van der Waals surface area contributed by atoms with Crippen LogP contribution in [0.1, 0.15) is 26.7 Å². The van der Waals surface area contributed by atoms with Crippen LogP contribution in [0.3, 0.4) is 0 Å². The molecule has 0 aliphatic heterocycles. The highest BCUT2D eigenvalue weighted by Crippen LogP contribution is 2.21. The van der Waals surface area contributed by atoms with Gasteiger partial charge in [0.1, 0.15) is 0 Å². The zero-order chi connectivity index (χ0) is 7.72. The zero-order valence-electron chi connectivity index (χ0n) is 6.39. The summed E-state index contributed by atoms with van der Waals surface area (Å²) in [6.07, 6.45) is 1.76. The lowest BCUT2D eigenvalue weighted by Crippen LogP contribution is -2.32. The van der Waals surface area contributed by atoms with Crippen LogP contribution in [0.4, 0.5) is 0 Å². The van der Waals surface area contributed by atoms with Crippen molar-refractivity contribution in [2.75, 3.05) is 0 Å². The maximum atomic E-state index is 11.0. The fourth-order valence-corrected chi connectivity index (χ4v) is 1.25. The molecule has 0 N–H and O–H groups in total. The van der Waals surface area contributed by atoms with Gasteiger partial charge in [-0.1, -0.05) is 13.8 Å². The van der Waals surface area contributed by atoms with Crippen LogP contribution < -0.4 is 0 Å². The first-order chi connectivity index (χ1) is 4.63. The summed E-state index contributed by atoms with van der Waals surface area (Å²) in [6, 6.07) is 0. The predicted molar refractivity (Wildman–Crippen MR) is 37.6 cm³/mol. The van der Waals surface area contributed by atoms with Gasteiger partial charge in [0.15, 0.2) is 0 Å². The molecule has 0 aromatic heterocycles. The third kappa shape index (κ3) is 1.11. The van der Waals surface area contributed by atoms with Crippen LogP contribution in [0.5, 0.6) is 0 Å². The first-order valence-electron chi connectivity index (χ1n) is 3.71. The first kappa shape index (κ1) is 7.45. The number of carbonyl (C=O) groups excluding carboxylic acids is 2. The van der Waals surface area contributed by atoms with Crippen molar-refractivity contribution < 1.29 is 9.59 Å². The molecule has 0 bridgehead atoms. The van der Waals surface area contributed by atoms with E-state index in [1.54, 1.807) is 0 Å². The number of hydrogen-bond donors (Lipinski definition) is 0. The fraction of sp³-hybridized carbons (Fsp3) is 0.750. The van der Waals surface area contributed by atoms with Crippen LogP contribution in [-0.2, 0) is 9.59 Å². The van der Waals surface area contributed by atoms with Crippen molar-refractivity contribution in [3.63, 3.8) is 0 Å². The molecule has 1 aliphatic carbocycles. The quantitative estimate of drug-likeness (QED) is 0.474. The van der Waals surface area contributed by atoms with E-state index in [4.69, 9.17) is 0 Å². The normalized spacial score (nSPS) is 34.6. The highest BCUT2D eigenvalue weighted by molar-refractivity contribution is 6.39. The van der Waals surface area contributed by atoms with Crippen LogP contribution in [0.25, 0.3) is 0 Å². The molecule has 2 atom stereocenters. The molecule has 1 aliphatic rings. The van der Waals surface area contributed by atoms with Gasteiger partial charge in [-0.25, -0.2) is 0 Å². The van der Waals surface area contributed by atoms with Gasteiger partial charge in [-0.2, -0.15) is 0 Å². The van der Waals surface area contributed by atoms with E-state index in [0.29, 0.717) is 0 Å². The molecular weight excluding hydrogens is 128 g/mol. The molecule has 1 fully saturated rings. The van der Waals surface area contributed by atoms with Gasteiger partial charge in [-0.3, -0.25) is 9.59 Å². The Morgan fingerprint density at radius 2 is 1.30 bits per heavy atom. The average Bonchev–Trinajstić information content (AvgIpc) is 1.93. The predicted octanol–water partition coefficient (Wildman–Crippen LogP) is 1.19. The molecule has 0 spiro atoms. The van der Waals surface area contributed by atoms with Gasteiger partial charge >= 0.3 is 0 Å². The fourth-order valence-electron chi connectivity index (χ4n) is 1.25. The molecule has 2 unspecified atom stereocenters. The molecule has 10 heavy (non-hydrogen) atoms. The minimum Gasteiger partial charge on any atom is -0.291 e. The molecule has 0 radical (unpaired) electrons. The molecule has 56 valence electrons. The second-order valence-corrected chi connectivity index (χ2v) is 3.11. The highest BCUT2D eigenvalue weighted by Gasteiger charge is 2.30. The summed E-state index contributed by atoms with van der Waals surface area (Å²) in [5.74, 6) is -0.384. The van der Waals surface area contributed by atoms with Crippen LogP contribution >= 0.6 is 0 Å². The number of ketones is 2. The van der Waals surface area contributed by atoms with Gasteiger partial charge in [0.2, 0.25) is 11.6 Å². The summed E-state index contributed by atoms with van der Waals surface area (Å²) in [4.78, 5) is 22.0.